The second-order valence-corrected chi connectivity index (χ2v) is 4.77. The molecule has 0 unspecified atom stereocenters. The van der Waals surface area contributed by atoms with Crippen molar-refractivity contribution in [3.05, 3.63) is 33.6 Å². The lowest BCUT2D eigenvalue weighted by Crippen LogP contribution is -2.57. The number of nitrogens with one attached hydrogen (secondary N) is 1. The third kappa shape index (κ3) is 3.55. The average molecular weight is 312 g/mol. The fourth-order valence-corrected chi connectivity index (χ4v) is 1.74. The minimum absolute atomic E-state index is 0.0911. The highest BCUT2D eigenvalue weighted by Gasteiger charge is 2.31. The maximum absolute atomic E-state index is 13.3. The van der Waals surface area contributed by atoms with E-state index in [1.54, 1.807) is 0 Å². The van der Waals surface area contributed by atoms with E-state index in [0.29, 0.717) is 0 Å². The third-order valence-electron chi connectivity index (χ3n) is 2.54. The lowest BCUT2D eigenvalue weighted by molar-refractivity contribution is 0.0375. The van der Waals surface area contributed by atoms with Gasteiger partial charge in [0.25, 0.3) is 5.91 Å². The molecule has 4 N–H and O–H groups in total. The van der Waals surface area contributed by atoms with Gasteiger partial charge in [-0.15, -0.1) is 0 Å². The molecule has 0 aliphatic heterocycles. The Kier molecular flexibility index (Phi) is 5.51. The lowest BCUT2D eigenvalue weighted by atomic mass is 10.0. The standard InChI is InChI=1S/C11H12Cl2FNO4/c12-7-2-8(13)9(14)1-6(7)10(19)15-11(3-16,4-17)5-18/h1-2,16-18H,3-5H2,(H,15,19). The molecule has 0 aliphatic carbocycles. The first-order valence-electron chi connectivity index (χ1n) is 5.19. The molecule has 1 aromatic carbocycles. The molecule has 0 heterocycles. The number of halogens is 3. The van der Waals surface area contributed by atoms with E-state index >= 15 is 0 Å². The number of amides is 1. The van der Waals surface area contributed by atoms with Crippen LogP contribution in [0.5, 0.6) is 0 Å². The van der Waals surface area contributed by atoms with E-state index in [4.69, 9.17) is 38.5 Å². The van der Waals surface area contributed by atoms with Crippen molar-refractivity contribution in [3.8, 4) is 0 Å². The van der Waals surface area contributed by atoms with Gasteiger partial charge >= 0.3 is 0 Å². The van der Waals surface area contributed by atoms with Crippen molar-refractivity contribution < 1.29 is 24.5 Å². The highest BCUT2D eigenvalue weighted by atomic mass is 35.5. The van der Waals surface area contributed by atoms with E-state index in [-0.39, 0.29) is 15.6 Å². The van der Waals surface area contributed by atoms with Gasteiger partial charge in [0.05, 0.1) is 35.4 Å². The van der Waals surface area contributed by atoms with Crippen molar-refractivity contribution in [3.63, 3.8) is 0 Å². The first-order valence-corrected chi connectivity index (χ1v) is 5.94. The van der Waals surface area contributed by atoms with Gasteiger partial charge in [-0.2, -0.15) is 0 Å². The number of benzene rings is 1. The molecule has 0 radical (unpaired) electrons. The van der Waals surface area contributed by atoms with E-state index in [1.165, 1.54) is 0 Å². The quantitative estimate of drug-likeness (QED) is 0.599. The van der Waals surface area contributed by atoms with Gasteiger partial charge in [0.15, 0.2) is 0 Å². The van der Waals surface area contributed by atoms with Crippen LogP contribution in [0.1, 0.15) is 10.4 Å². The SMILES string of the molecule is O=C(NC(CO)(CO)CO)c1cc(F)c(Cl)cc1Cl. The predicted octanol–water partition coefficient (Wildman–Crippen LogP) is 0.578. The van der Waals surface area contributed by atoms with Gasteiger partial charge in [0.1, 0.15) is 11.4 Å². The number of carbonyl (C=O) groups excluding carboxylic acids is 1. The van der Waals surface area contributed by atoms with Crippen LogP contribution < -0.4 is 5.32 Å². The van der Waals surface area contributed by atoms with Gasteiger partial charge in [0, 0.05) is 0 Å². The van der Waals surface area contributed by atoms with Gasteiger partial charge in [-0.05, 0) is 12.1 Å². The van der Waals surface area contributed by atoms with Crippen LogP contribution in [-0.2, 0) is 0 Å². The second kappa shape index (κ2) is 6.49. The molecule has 106 valence electrons. The Labute approximate surface area is 118 Å². The zero-order valence-electron chi connectivity index (χ0n) is 9.66. The summed E-state index contributed by atoms with van der Waals surface area (Å²) in [5, 5.41) is 29.1. The van der Waals surface area contributed by atoms with Crippen LogP contribution in [0.15, 0.2) is 12.1 Å². The number of rotatable bonds is 5. The highest BCUT2D eigenvalue weighted by molar-refractivity contribution is 6.36. The van der Waals surface area contributed by atoms with Crippen molar-refractivity contribution in [2.75, 3.05) is 19.8 Å². The average Bonchev–Trinajstić information content (AvgIpc) is 2.40. The molecule has 0 saturated heterocycles. The Morgan fingerprint density at radius 3 is 2.16 bits per heavy atom. The first kappa shape index (κ1) is 16.1. The monoisotopic (exact) mass is 311 g/mol. The topological polar surface area (TPSA) is 89.8 Å². The summed E-state index contributed by atoms with van der Waals surface area (Å²) in [5.41, 5.74) is -1.83. The molecule has 0 aliphatic rings. The molecule has 8 heteroatoms. The molecule has 0 atom stereocenters. The van der Waals surface area contributed by atoms with Crippen LogP contribution in [-0.4, -0.2) is 46.6 Å². The van der Waals surface area contributed by atoms with Crippen LogP contribution in [0.2, 0.25) is 10.0 Å². The Hall–Kier alpha value is -0.920. The molecule has 19 heavy (non-hydrogen) atoms. The highest BCUT2D eigenvalue weighted by Crippen LogP contribution is 2.24. The van der Waals surface area contributed by atoms with Crippen molar-refractivity contribution in [1.29, 1.82) is 0 Å². The van der Waals surface area contributed by atoms with Crippen LogP contribution in [0.25, 0.3) is 0 Å². The summed E-state index contributed by atoms with van der Waals surface area (Å²) in [6.07, 6.45) is 0. The van der Waals surface area contributed by atoms with Crippen molar-refractivity contribution >= 4 is 29.1 Å². The molecular weight excluding hydrogens is 300 g/mol. The molecule has 1 rings (SSSR count). The zero-order valence-corrected chi connectivity index (χ0v) is 11.2. The smallest absolute Gasteiger partial charge is 0.253 e. The van der Waals surface area contributed by atoms with E-state index in [2.05, 4.69) is 5.32 Å². The van der Waals surface area contributed by atoms with Gasteiger partial charge < -0.3 is 20.6 Å². The summed E-state index contributed by atoms with van der Waals surface area (Å²) in [6, 6.07) is 1.89. The fraction of sp³-hybridized carbons (Fsp3) is 0.364. The van der Waals surface area contributed by atoms with Gasteiger partial charge in [0.2, 0.25) is 0 Å². The van der Waals surface area contributed by atoms with Gasteiger partial charge in [-0.25, -0.2) is 4.39 Å². The Morgan fingerprint density at radius 1 is 1.16 bits per heavy atom. The minimum atomic E-state index is -1.61. The summed E-state index contributed by atoms with van der Waals surface area (Å²) in [6.45, 7) is -2.09. The molecule has 0 bridgehead atoms. The van der Waals surface area contributed by atoms with Gasteiger partial charge in [-0.1, -0.05) is 23.2 Å². The predicted molar refractivity (Wildman–Crippen MR) is 67.9 cm³/mol. The normalized spacial score (nSPS) is 11.5. The second-order valence-electron chi connectivity index (χ2n) is 3.95. The summed E-state index contributed by atoms with van der Waals surface area (Å²) in [4.78, 5) is 11.9. The molecule has 0 spiro atoms. The molecule has 1 amide bonds. The first-order chi connectivity index (χ1) is 8.89. The van der Waals surface area contributed by atoms with Crippen LogP contribution in [0, 0.1) is 5.82 Å². The van der Waals surface area contributed by atoms with E-state index < -0.39 is 37.1 Å². The number of carbonyl (C=O) groups is 1. The van der Waals surface area contributed by atoms with Crippen molar-refractivity contribution in [2.24, 2.45) is 0 Å². The van der Waals surface area contributed by atoms with Crippen LogP contribution in [0.4, 0.5) is 4.39 Å². The number of hydrogen-bond acceptors (Lipinski definition) is 4. The van der Waals surface area contributed by atoms with E-state index in [0.717, 1.165) is 12.1 Å². The summed E-state index contributed by atoms with van der Waals surface area (Å²) in [7, 11) is 0. The number of aliphatic hydroxyl groups excluding tert-OH is 3. The molecule has 0 saturated carbocycles. The fourth-order valence-electron chi connectivity index (χ4n) is 1.27. The van der Waals surface area contributed by atoms with Crippen molar-refractivity contribution in [1.82, 2.24) is 5.32 Å². The lowest BCUT2D eigenvalue weighted by Gasteiger charge is -2.28. The zero-order chi connectivity index (χ0) is 14.6. The molecule has 1 aromatic rings. The maximum atomic E-state index is 13.3. The van der Waals surface area contributed by atoms with Crippen LogP contribution in [0.3, 0.4) is 0 Å². The summed E-state index contributed by atoms with van der Waals surface area (Å²) in [5.74, 6) is -1.68. The Bertz CT molecular complexity index is 472. The molecule has 0 aromatic heterocycles. The van der Waals surface area contributed by atoms with E-state index in [9.17, 15) is 9.18 Å². The Balaban J connectivity index is 3.04. The third-order valence-corrected chi connectivity index (χ3v) is 3.14. The van der Waals surface area contributed by atoms with Crippen LogP contribution >= 0.6 is 23.2 Å². The maximum Gasteiger partial charge on any atom is 0.253 e. The van der Waals surface area contributed by atoms with Crippen molar-refractivity contribution in [2.45, 2.75) is 5.54 Å². The largest absolute Gasteiger partial charge is 0.394 e. The molecular formula is C11H12Cl2FNO4. The molecule has 5 nitrogen and oxygen atoms in total. The summed E-state index contributed by atoms with van der Waals surface area (Å²) >= 11 is 11.2. The number of hydrogen-bond donors (Lipinski definition) is 4. The molecule has 0 fully saturated rings. The number of aliphatic hydroxyl groups is 3. The van der Waals surface area contributed by atoms with Gasteiger partial charge in [-0.3, -0.25) is 4.79 Å². The summed E-state index contributed by atoms with van der Waals surface area (Å²) < 4.78 is 13.3. The Morgan fingerprint density at radius 2 is 1.68 bits per heavy atom. The van der Waals surface area contributed by atoms with E-state index in [1.807, 2.05) is 0 Å². The minimum Gasteiger partial charge on any atom is -0.394 e.